The number of nitrogens with zero attached hydrogens (tertiary/aromatic N) is 5. The van der Waals surface area contributed by atoms with Gasteiger partial charge in [0.05, 0.1) is 11.4 Å². The first-order chi connectivity index (χ1) is 13.5. The summed E-state index contributed by atoms with van der Waals surface area (Å²) in [5, 5.41) is 13.9. The van der Waals surface area contributed by atoms with Crippen molar-refractivity contribution in [3.05, 3.63) is 23.6 Å². The summed E-state index contributed by atoms with van der Waals surface area (Å²) in [5.74, 6) is 1.23. The number of aryl methyl sites for hydroxylation is 2. The van der Waals surface area contributed by atoms with E-state index in [1.54, 1.807) is 22.7 Å². The number of amides is 3. The number of carbonyl (C=O) groups is 2. The number of likely N-dealkylation sites (tertiary alicyclic amines) is 1. The van der Waals surface area contributed by atoms with Gasteiger partial charge in [0.25, 0.3) is 0 Å². The van der Waals surface area contributed by atoms with Crippen LogP contribution in [0, 0.1) is 6.92 Å². The van der Waals surface area contributed by atoms with Crippen molar-refractivity contribution in [3.63, 3.8) is 0 Å². The number of anilines is 1. The quantitative estimate of drug-likeness (QED) is 0.806. The second-order valence-electron chi connectivity index (χ2n) is 7.52. The highest BCUT2D eigenvalue weighted by molar-refractivity contribution is 5.94. The molecule has 2 N–H and O–H groups in total. The average Bonchev–Trinajstić information content (AvgIpc) is 3.35. The molecule has 2 aromatic rings. The molecule has 2 aliphatic rings. The molecular weight excluding hydrogens is 362 g/mol. The van der Waals surface area contributed by atoms with Gasteiger partial charge in [0.1, 0.15) is 12.6 Å². The van der Waals surface area contributed by atoms with Gasteiger partial charge in [-0.2, -0.15) is 10.1 Å². The van der Waals surface area contributed by atoms with Gasteiger partial charge in [-0.05, 0) is 39.0 Å². The number of hydrogen-bond acceptors (Lipinski definition) is 6. The zero-order valence-electron chi connectivity index (χ0n) is 16.1. The summed E-state index contributed by atoms with van der Waals surface area (Å²) in [6.45, 7) is 2.60. The van der Waals surface area contributed by atoms with Crippen molar-refractivity contribution in [2.45, 2.75) is 57.5 Å². The number of carbonyl (C=O) groups excluding carboxylic acids is 2. The van der Waals surface area contributed by atoms with Crippen molar-refractivity contribution in [2.24, 2.45) is 7.05 Å². The third kappa shape index (κ3) is 4.15. The van der Waals surface area contributed by atoms with E-state index < -0.39 is 6.04 Å². The third-order valence-corrected chi connectivity index (χ3v) is 5.05. The number of nitrogens with one attached hydrogen (secondary N) is 2. The number of hydrogen-bond donors (Lipinski definition) is 2. The van der Waals surface area contributed by atoms with Crippen LogP contribution in [0.1, 0.15) is 55.4 Å². The minimum Gasteiger partial charge on any atom is -0.337 e. The summed E-state index contributed by atoms with van der Waals surface area (Å²) < 4.78 is 6.83. The van der Waals surface area contributed by atoms with Crippen LogP contribution in [0.5, 0.6) is 0 Å². The van der Waals surface area contributed by atoms with Crippen LogP contribution in [0.4, 0.5) is 10.5 Å². The Balaban J connectivity index is 1.39. The van der Waals surface area contributed by atoms with Crippen molar-refractivity contribution in [1.82, 2.24) is 30.1 Å². The van der Waals surface area contributed by atoms with Gasteiger partial charge in [-0.1, -0.05) is 5.16 Å². The van der Waals surface area contributed by atoms with Gasteiger partial charge in [-0.25, -0.2) is 4.79 Å². The monoisotopic (exact) mass is 387 g/mol. The largest absolute Gasteiger partial charge is 0.337 e. The summed E-state index contributed by atoms with van der Waals surface area (Å²) in [6, 6.07) is -0.962. The van der Waals surface area contributed by atoms with Crippen LogP contribution >= 0.6 is 0 Å². The zero-order valence-corrected chi connectivity index (χ0v) is 16.1. The first-order valence-corrected chi connectivity index (χ1v) is 9.68. The molecule has 1 unspecified atom stereocenters. The van der Waals surface area contributed by atoms with Crippen molar-refractivity contribution in [1.29, 1.82) is 0 Å². The molecule has 2 fully saturated rings. The van der Waals surface area contributed by atoms with Crippen LogP contribution in [0.2, 0.25) is 0 Å². The first-order valence-electron chi connectivity index (χ1n) is 9.68. The Morgan fingerprint density at radius 2 is 2.14 bits per heavy atom. The van der Waals surface area contributed by atoms with Gasteiger partial charge in [0, 0.05) is 25.7 Å². The van der Waals surface area contributed by atoms with Crippen molar-refractivity contribution < 1.29 is 14.1 Å². The maximum absolute atomic E-state index is 12.9. The summed E-state index contributed by atoms with van der Waals surface area (Å²) in [7, 11) is 1.83. The normalized spacial score (nSPS) is 20.1. The van der Waals surface area contributed by atoms with E-state index in [0.29, 0.717) is 36.3 Å². The third-order valence-electron chi connectivity index (χ3n) is 5.05. The van der Waals surface area contributed by atoms with Gasteiger partial charge < -0.3 is 20.1 Å². The molecule has 10 nitrogen and oxygen atoms in total. The van der Waals surface area contributed by atoms with Crippen molar-refractivity contribution >= 4 is 17.6 Å². The molecule has 0 bridgehead atoms. The number of urea groups is 1. The highest BCUT2D eigenvalue weighted by atomic mass is 16.5. The molecule has 10 heteroatoms. The lowest BCUT2D eigenvalue weighted by atomic mass is 10.1. The predicted octanol–water partition coefficient (Wildman–Crippen LogP) is 1.69. The Kier molecular flexibility index (Phi) is 5.01. The fourth-order valence-electron chi connectivity index (χ4n) is 3.54. The molecule has 3 heterocycles. The maximum Gasteiger partial charge on any atom is 0.319 e. The zero-order chi connectivity index (χ0) is 19.7. The molecular formula is C18H25N7O3. The molecule has 0 spiro atoms. The Morgan fingerprint density at radius 1 is 1.32 bits per heavy atom. The molecule has 0 radical (unpaired) electrons. The van der Waals surface area contributed by atoms with Crippen LogP contribution in [-0.2, 0) is 18.4 Å². The van der Waals surface area contributed by atoms with Crippen LogP contribution in [0.3, 0.4) is 0 Å². The van der Waals surface area contributed by atoms with Gasteiger partial charge >= 0.3 is 6.03 Å². The van der Waals surface area contributed by atoms with E-state index in [-0.39, 0.29) is 18.5 Å². The second-order valence-corrected chi connectivity index (χ2v) is 7.52. The maximum atomic E-state index is 12.9. The van der Waals surface area contributed by atoms with Crippen LogP contribution in [0.25, 0.3) is 0 Å². The van der Waals surface area contributed by atoms with E-state index in [9.17, 15) is 9.59 Å². The smallest absolute Gasteiger partial charge is 0.319 e. The highest BCUT2D eigenvalue weighted by Crippen LogP contribution is 2.42. The molecule has 28 heavy (non-hydrogen) atoms. The van der Waals surface area contributed by atoms with E-state index in [4.69, 9.17) is 4.52 Å². The minimum absolute atomic E-state index is 0.128. The van der Waals surface area contributed by atoms with E-state index in [0.717, 1.165) is 31.4 Å². The van der Waals surface area contributed by atoms with Crippen LogP contribution < -0.4 is 10.6 Å². The van der Waals surface area contributed by atoms with Gasteiger partial charge in [0.2, 0.25) is 11.8 Å². The van der Waals surface area contributed by atoms with E-state index in [2.05, 4.69) is 25.9 Å². The molecule has 3 amide bonds. The fourth-order valence-corrected chi connectivity index (χ4v) is 3.54. The van der Waals surface area contributed by atoms with Crippen molar-refractivity contribution in [2.75, 3.05) is 11.9 Å². The summed E-state index contributed by atoms with van der Waals surface area (Å²) in [4.78, 5) is 31.3. The van der Waals surface area contributed by atoms with Gasteiger partial charge in [-0.3, -0.25) is 9.48 Å². The number of rotatable bonds is 5. The molecule has 1 saturated carbocycles. The lowest BCUT2D eigenvalue weighted by Gasteiger charge is -2.23. The van der Waals surface area contributed by atoms with E-state index in [1.165, 1.54) is 0 Å². The van der Waals surface area contributed by atoms with Gasteiger partial charge in [-0.15, -0.1) is 0 Å². The highest BCUT2D eigenvalue weighted by Gasteiger charge is 2.32. The second kappa shape index (κ2) is 7.61. The number of aromatic nitrogens is 4. The van der Waals surface area contributed by atoms with Gasteiger partial charge in [0.15, 0.2) is 5.82 Å². The minimum atomic E-state index is -0.576. The fraction of sp³-hybridized carbons (Fsp3) is 0.611. The molecule has 1 aliphatic heterocycles. The van der Waals surface area contributed by atoms with Crippen LogP contribution in [-0.4, -0.2) is 49.3 Å². The molecule has 0 aromatic carbocycles. The summed E-state index contributed by atoms with van der Waals surface area (Å²) in [5.41, 5.74) is 1.62. The van der Waals surface area contributed by atoms with Crippen LogP contribution in [0.15, 0.2) is 10.7 Å². The molecule has 1 saturated heterocycles. The molecule has 150 valence electrons. The Morgan fingerprint density at radius 3 is 2.86 bits per heavy atom. The predicted molar refractivity (Wildman–Crippen MR) is 99.4 cm³/mol. The standard InChI is InChI=1S/C18H25N7O3/c1-11-19-15(28-23-11)10-25-8-4-3-5-13(17(25)26)20-18(27)21-14-9-24(2)22-16(14)12-6-7-12/h9,12-13H,3-8,10H2,1-2H3,(H2,20,21,27). The van der Waals surface area contributed by atoms with E-state index >= 15 is 0 Å². The molecule has 2 aromatic heterocycles. The molecule has 4 rings (SSSR count). The first kappa shape index (κ1) is 18.5. The lowest BCUT2D eigenvalue weighted by Crippen LogP contribution is -2.48. The Hall–Kier alpha value is -2.91. The summed E-state index contributed by atoms with van der Waals surface area (Å²) >= 11 is 0. The SMILES string of the molecule is Cc1noc(CN2CCCCC(NC(=O)Nc3cn(C)nc3C3CC3)C2=O)n1. The average molecular weight is 387 g/mol. The Labute approximate surface area is 162 Å². The lowest BCUT2D eigenvalue weighted by molar-refractivity contribution is -0.133. The molecule has 1 atom stereocenters. The topological polar surface area (TPSA) is 118 Å². The molecule has 1 aliphatic carbocycles. The Bertz CT molecular complexity index is 870. The van der Waals surface area contributed by atoms with Crippen molar-refractivity contribution in [3.8, 4) is 0 Å². The van der Waals surface area contributed by atoms with E-state index in [1.807, 2.05) is 7.05 Å². The summed E-state index contributed by atoms with van der Waals surface area (Å²) in [6.07, 6.45) is 6.32.